The van der Waals surface area contributed by atoms with E-state index in [4.69, 9.17) is 4.74 Å². The molecule has 2 rings (SSSR count). The zero-order chi connectivity index (χ0) is 17.5. The quantitative estimate of drug-likeness (QED) is 0.735. The van der Waals surface area contributed by atoms with E-state index in [-0.39, 0.29) is 12.0 Å². The minimum atomic E-state index is -0.276. The Morgan fingerprint density at radius 1 is 1.17 bits per heavy atom. The molecule has 0 radical (unpaired) electrons. The third-order valence-corrected chi connectivity index (χ3v) is 5.86. The molecule has 0 bridgehead atoms. The van der Waals surface area contributed by atoms with Crippen LogP contribution in [-0.4, -0.2) is 48.7 Å². The first-order valence-electron chi connectivity index (χ1n) is 10.2. The fraction of sp³-hybridized carbons (Fsp3) is 0.950. The minimum absolute atomic E-state index is 0.0837. The lowest BCUT2D eigenvalue weighted by atomic mass is 9.94. The minimum Gasteiger partial charge on any atom is -0.365 e. The van der Waals surface area contributed by atoms with Gasteiger partial charge in [-0.25, -0.2) is 0 Å². The zero-order valence-corrected chi connectivity index (χ0v) is 16.2. The van der Waals surface area contributed by atoms with E-state index >= 15 is 0 Å². The molecule has 1 aliphatic heterocycles. The van der Waals surface area contributed by atoms with Crippen LogP contribution in [0.4, 0.5) is 0 Å². The van der Waals surface area contributed by atoms with Gasteiger partial charge in [-0.15, -0.1) is 0 Å². The molecule has 0 aromatic heterocycles. The largest absolute Gasteiger partial charge is 0.365 e. The molecule has 0 spiro atoms. The van der Waals surface area contributed by atoms with Crippen molar-refractivity contribution in [2.75, 3.05) is 19.6 Å². The van der Waals surface area contributed by atoms with Gasteiger partial charge >= 0.3 is 0 Å². The number of amides is 1. The highest BCUT2D eigenvalue weighted by molar-refractivity contribution is 5.80. The smallest absolute Gasteiger partial charge is 0.249 e. The number of piperidine rings is 1. The van der Waals surface area contributed by atoms with Gasteiger partial charge in [0.1, 0.15) is 6.10 Å². The molecule has 2 atom stereocenters. The second-order valence-corrected chi connectivity index (χ2v) is 8.21. The molecule has 2 fully saturated rings. The van der Waals surface area contributed by atoms with E-state index in [2.05, 4.69) is 31.0 Å². The Morgan fingerprint density at radius 2 is 1.79 bits per heavy atom. The van der Waals surface area contributed by atoms with Crippen molar-refractivity contribution in [1.82, 2.24) is 10.2 Å². The molecule has 4 heteroatoms. The molecule has 1 N–H and O–H groups in total. The van der Waals surface area contributed by atoms with Crippen LogP contribution < -0.4 is 5.32 Å². The van der Waals surface area contributed by atoms with Crippen LogP contribution in [0.3, 0.4) is 0 Å². The van der Waals surface area contributed by atoms with Crippen LogP contribution in [-0.2, 0) is 9.53 Å². The van der Waals surface area contributed by atoms with Crippen molar-refractivity contribution in [3.05, 3.63) is 0 Å². The molecule has 24 heavy (non-hydrogen) atoms. The number of rotatable bonds is 8. The lowest BCUT2D eigenvalue weighted by molar-refractivity contribution is -0.137. The average molecular weight is 339 g/mol. The van der Waals surface area contributed by atoms with Crippen LogP contribution in [0.1, 0.15) is 72.6 Å². The van der Waals surface area contributed by atoms with Crippen molar-refractivity contribution < 1.29 is 9.53 Å². The topological polar surface area (TPSA) is 41.6 Å². The third kappa shape index (κ3) is 5.73. The molecular weight excluding hydrogens is 300 g/mol. The molecule has 0 aromatic carbocycles. The summed E-state index contributed by atoms with van der Waals surface area (Å²) in [4.78, 5) is 15.1. The SMILES string of the molecule is CCC(OC1CCCC1)C(=O)NCC(C(C)C)N1CCC(C)CC1. The molecule has 1 aliphatic carbocycles. The molecule has 1 amide bonds. The van der Waals surface area contributed by atoms with Gasteiger partial charge in [0.25, 0.3) is 0 Å². The monoisotopic (exact) mass is 338 g/mol. The summed E-state index contributed by atoms with van der Waals surface area (Å²) in [5.41, 5.74) is 0. The Balaban J connectivity index is 1.81. The van der Waals surface area contributed by atoms with E-state index in [0.717, 1.165) is 44.8 Å². The number of likely N-dealkylation sites (tertiary alicyclic amines) is 1. The predicted molar refractivity (Wildman–Crippen MR) is 99.0 cm³/mol. The Morgan fingerprint density at radius 3 is 2.33 bits per heavy atom. The summed E-state index contributed by atoms with van der Waals surface area (Å²) in [6, 6.07) is 0.436. The fourth-order valence-electron chi connectivity index (χ4n) is 4.07. The van der Waals surface area contributed by atoms with Crippen LogP contribution >= 0.6 is 0 Å². The zero-order valence-electron chi connectivity index (χ0n) is 16.2. The van der Waals surface area contributed by atoms with Crippen molar-refractivity contribution in [3.63, 3.8) is 0 Å². The maximum Gasteiger partial charge on any atom is 0.249 e. The maximum absolute atomic E-state index is 12.6. The van der Waals surface area contributed by atoms with Crippen molar-refractivity contribution in [3.8, 4) is 0 Å². The molecule has 4 nitrogen and oxygen atoms in total. The molecule has 1 heterocycles. The summed E-state index contributed by atoms with van der Waals surface area (Å²) < 4.78 is 6.05. The predicted octanol–water partition coefficient (Wildman–Crippen LogP) is 3.60. The van der Waals surface area contributed by atoms with Crippen molar-refractivity contribution >= 4 is 5.91 Å². The molecule has 1 saturated heterocycles. The maximum atomic E-state index is 12.6. The van der Waals surface area contributed by atoms with Gasteiger partial charge in [-0.2, -0.15) is 0 Å². The van der Waals surface area contributed by atoms with Gasteiger partial charge in [0.2, 0.25) is 5.91 Å². The summed E-state index contributed by atoms with van der Waals surface area (Å²) in [6.45, 7) is 12.0. The third-order valence-electron chi connectivity index (χ3n) is 5.86. The van der Waals surface area contributed by atoms with Gasteiger partial charge in [-0.1, -0.05) is 40.5 Å². The number of nitrogens with one attached hydrogen (secondary N) is 1. The van der Waals surface area contributed by atoms with Gasteiger partial charge in [-0.05, 0) is 57.0 Å². The van der Waals surface area contributed by atoms with Gasteiger partial charge in [0, 0.05) is 12.6 Å². The molecular formula is C20H38N2O2. The Labute approximate surface area is 148 Å². The number of carbonyl (C=O) groups is 1. The summed E-state index contributed by atoms with van der Waals surface area (Å²) in [6.07, 6.45) is 8.05. The van der Waals surface area contributed by atoms with Gasteiger partial charge in [0.05, 0.1) is 6.10 Å². The first-order chi connectivity index (χ1) is 11.5. The van der Waals surface area contributed by atoms with E-state index in [0.29, 0.717) is 18.1 Å². The fourth-order valence-corrected chi connectivity index (χ4v) is 4.07. The highest BCUT2D eigenvalue weighted by Crippen LogP contribution is 2.23. The van der Waals surface area contributed by atoms with E-state index in [9.17, 15) is 4.79 Å². The summed E-state index contributed by atoms with van der Waals surface area (Å²) in [7, 11) is 0. The Bertz CT molecular complexity index is 372. The first-order valence-corrected chi connectivity index (χ1v) is 10.2. The normalized spacial score (nSPS) is 23.5. The lowest BCUT2D eigenvalue weighted by Crippen LogP contribution is -2.51. The number of carbonyl (C=O) groups excluding carboxylic acids is 1. The van der Waals surface area contributed by atoms with E-state index in [1.165, 1.54) is 25.7 Å². The number of ether oxygens (including phenoxy) is 1. The van der Waals surface area contributed by atoms with E-state index < -0.39 is 0 Å². The van der Waals surface area contributed by atoms with Gasteiger partial charge in [-0.3, -0.25) is 9.69 Å². The number of hydrogen-bond acceptors (Lipinski definition) is 3. The van der Waals surface area contributed by atoms with Gasteiger partial charge < -0.3 is 10.1 Å². The molecule has 2 unspecified atom stereocenters. The van der Waals surface area contributed by atoms with Crippen molar-refractivity contribution in [2.45, 2.75) is 90.9 Å². The van der Waals surface area contributed by atoms with Crippen LogP contribution in [0.15, 0.2) is 0 Å². The number of hydrogen-bond donors (Lipinski definition) is 1. The summed E-state index contributed by atoms with van der Waals surface area (Å²) in [5, 5.41) is 3.19. The molecule has 0 aromatic rings. The highest BCUT2D eigenvalue weighted by atomic mass is 16.5. The molecule has 140 valence electrons. The number of nitrogens with zero attached hydrogens (tertiary/aromatic N) is 1. The van der Waals surface area contributed by atoms with E-state index in [1.807, 2.05) is 6.92 Å². The van der Waals surface area contributed by atoms with Crippen LogP contribution in [0, 0.1) is 11.8 Å². The van der Waals surface area contributed by atoms with Crippen LogP contribution in [0.25, 0.3) is 0 Å². The van der Waals surface area contributed by atoms with Gasteiger partial charge in [0.15, 0.2) is 0 Å². The molecule has 1 saturated carbocycles. The second-order valence-electron chi connectivity index (χ2n) is 8.21. The molecule has 2 aliphatic rings. The summed E-state index contributed by atoms with van der Waals surface area (Å²) in [5.74, 6) is 1.47. The second kappa shape index (κ2) is 9.76. The Hall–Kier alpha value is -0.610. The average Bonchev–Trinajstić information content (AvgIpc) is 3.07. The first kappa shape index (κ1) is 19.7. The Kier molecular flexibility index (Phi) is 8.02. The standard InChI is InChI=1S/C20H38N2O2/c1-5-19(24-17-8-6-7-9-17)20(23)21-14-18(15(2)3)22-12-10-16(4)11-13-22/h15-19H,5-14H2,1-4H3,(H,21,23). The lowest BCUT2D eigenvalue weighted by Gasteiger charge is -2.39. The highest BCUT2D eigenvalue weighted by Gasteiger charge is 2.28. The van der Waals surface area contributed by atoms with Crippen LogP contribution in [0.2, 0.25) is 0 Å². The van der Waals surface area contributed by atoms with Crippen molar-refractivity contribution in [1.29, 1.82) is 0 Å². The van der Waals surface area contributed by atoms with Crippen LogP contribution in [0.5, 0.6) is 0 Å². The van der Waals surface area contributed by atoms with Crippen molar-refractivity contribution in [2.24, 2.45) is 11.8 Å². The van der Waals surface area contributed by atoms with E-state index in [1.54, 1.807) is 0 Å². The summed E-state index contributed by atoms with van der Waals surface area (Å²) >= 11 is 0.